The molecule has 0 bridgehead atoms. The number of aromatic nitrogens is 2. The maximum absolute atomic E-state index is 12.5. The average molecular weight is 384 g/mol. The van der Waals surface area contributed by atoms with Crippen LogP contribution >= 0.6 is 23.2 Å². The van der Waals surface area contributed by atoms with Crippen molar-refractivity contribution in [3.8, 4) is 0 Å². The number of hydrogen-bond donors (Lipinski definition) is 1. The molecule has 2 heterocycles. The van der Waals surface area contributed by atoms with Crippen LogP contribution in [0.5, 0.6) is 0 Å². The van der Waals surface area contributed by atoms with Gasteiger partial charge in [0.1, 0.15) is 12.6 Å². The highest BCUT2D eigenvalue weighted by atomic mass is 35.5. The molecule has 0 aromatic carbocycles. The highest BCUT2D eigenvalue weighted by molar-refractivity contribution is 6.36. The molecule has 0 spiro atoms. The van der Waals surface area contributed by atoms with Crippen LogP contribution in [0, 0.1) is 5.92 Å². The minimum Gasteiger partial charge on any atom is -0.458 e. The minimum absolute atomic E-state index is 0.0112. The Balaban J connectivity index is 1.69. The SMILES string of the molecule is CC(=O)NC(C(=O)OCc1cn2cc(Cl)cc(Cl)c2n1)C1CCCC1. The highest BCUT2D eigenvalue weighted by Gasteiger charge is 2.32. The number of halogens is 2. The van der Waals surface area contributed by atoms with Gasteiger partial charge in [0, 0.05) is 19.3 Å². The van der Waals surface area contributed by atoms with E-state index in [4.69, 9.17) is 27.9 Å². The Morgan fingerprint density at radius 1 is 1.36 bits per heavy atom. The number of ether oxygens (including phenoxy) is 1. The maximum Gasteiger partial charge on any atom is 0.329 e. The molecule has 134 valence electrons. The molecule has 2 aromatic heterocycles. The van der Waals surface area contributed by atoms with Gasteiger partial charge in [-0.2, -0.15) is 0 Å². The summed E-state index contributed by atoms with van der Waals surface area (Å²) in [6.45, 7) is 1.42. The molecular formula is C17H19Cl2N3O3. The summed E-state index contributed by atoms with van der Waals surface area (Å²) >= 11 is 12.1. The number of carbonyl (C=O) groups is 2. The van der Waals surface area contributed by atoms with Gasteiger partial charge in [0.15, 0.2) is 5.65 Å². The van der Waals surface area contributed by atoms with Crippen LogP contribution in [-0.2, 0) is 20.9 Å². The Morgan fingerprint density at radius 2 is 2.08 bits per heavy atom. The van der Waals surface area contributed by atoms with E-state index in [-0.39, 0.29) is 18.4 Å². The first kappa shape index (κ1) is 18.0. The molecule has 1 amide bonds. The molecule has 2 aromatic rings. The molecule has 6 nitrogen and oxygen atoms in total. The second kappa shape index (κ2) is 7.62. The lowest BCUT2D eigenvalue weighted by molar-refractivity contribution is -0.150. The van der Waals surface area contributed by atoms with Crippen molar-refractivity contribution in [1.29, 1.82) is 0 Å². The Hall–Kier alpha value is -1.79. The van der Waals surface area contributed by atoms with Crippen molar-refractivity contribution in [2.75, 3.05) is 0 Å². The lowest BCUT2D eigenvalue weighted by Crippen LogP contribution is -2.45. The van der Waals surface area contributed by atoms with Gasteiger partial charge in [-0.05, 0) is 24.8 Å². The molecule has 0 saturated heterocycles. The Bertz CT molecular complexity index is 800. The first-order chi connectivity index (χ1) is 11.9. The minimum atomic E-state index is -0.602. The van der Waals surface area contributed by atoms with Crippen molar-refractivity contribution in [3.05, 3.63) is 34.2 Å². The van der Waals surface area contributed by atoms with Crippen molar-refractivity contribution >= 4 is 40.7 Å². The van der Waals surface area contributed by atoms with Crippen molar-refractivity contribution < 1.29 is 14.3 Å². The summed E-state index contributed by atoms with van der Waals surface area (Å²) in [6.07, 6.45) is 7.37. The van der Waals surface area contributed by atoms with E-state index < -0.39 is 12.0 Å². The third kappa shape index (κ3) is 4.25. The molecule has 0 aliphatic heterocycles. The Kier molecular flexibility index (Phi) is 5.49. The van der Waals surface area contributed by atoms with Crippen LogP contribution < -0.4 is 5.32 Å². The van der Waals surface area contributed by atoms with Gasteiger partial charge in [0.2, 0.25) is 5.91 Å². The van der Waals surface area contributed by atoms with Crippen molar-refractivity contribution in [2.24, 2.45) is 5.92 Å². The molecule has 3 rings (SSSR count). The van der Waals surface area contributed by atoms with E-state index in [9.17, 15) is 9.59 Å². The molecule has 1 aliphatic carbocycles. The number of pyridine rings is 1. The number of amides is 1. The van der Waals surface area contributed by atoms with Crippen molar-refractivity contribution in [3.63, 3.8) is 0 Å². The topological polar surface area (TPSA) is 72.7 Å². The van der Waals surface area contributed by atoms with Crippen LogP contribution in [0.4, 0.5) is 0 Å². The molecule has 1 N–H and O–H groups in total. The molecule has 1 fully saturated rings. The zero-order chi connectivity index (χ0) is 18.0. The van der Waals surface area contributed by atoms with E-state index >= 15 is 0 Å². The molecule has 8 heteroatoms. The van der Waals surface area contributed by atoms with Crippen LogP contribution in [0.1, 0.15) is 38.3 Å². The van der Waals surface area contributed by atoms with Crippen LogP contribution in [0.2, 0.25) is 10.0 Å². The zero-order valence-corrected chi connectivity index (χ0v) is 15.3. The van der Waals surface area contributed by atoms with E-state index in [1.54, 1.807) is 22.9 Å². The monoisotopic (exact) mass is 383 g/mol. The summed E-state index contributed by atoms with van der Waals surface area (Å²) in [5, 5.41) is 3.64. The number of fused-ring (bicyclic) bond motifs is 1. The standard InChI is InChI=1S/C17H19Cl2N3O3/c1-10(23)20-15(11-4-2-3-5-11)17(24)25-9-13-8-22-7-12(18)6-14(19)16(22)21-13/h6-8,11,15H,2-5,9H2,1H3,(H,20,23). The first-order valence-corrected chi connectivity index (χ1v) is 8.96. The van der Waals surface area contributed by atoms with E-state index in [0.29, 0.717) is 21.4 Å². The van der Waals surface area contributed by atoms with Crippen molar-refractivity contribution in [2.45, 2.75) is 45.3 Å². The molecule has 1 aliphatic rings. The lowest BCUT2D eigenvalue weighted by Gasteiger charge is -2.22. The number of hydrogen-bond acceptors (Lipinski definition) is 4. The van der Waals surface area contributed by atoms with E-state index in [1.807, 2.05) is 0 Å². The fraction of sp³-hybridized carbons (Fsp3) is 0.471. The van der Waals surface area contributed by atoms with Crippen LogP contribution in [-0.4, -0.2) is 27.3 Å². The van der Waals surface area contributed by atoms with E-state index in [2.05, 4.69) is 10.3 Å². The van der Waals surface area contributed by atoms with Gasteiger partial charge in [-0.25, -0.2) is 9.78 Å². The van der Waals surface area contributed by atoms with Gasteiger partial charge < -0.3 is 14.5 Å². The van der Waals surface area contributed by atoms with Crippen molar-refractivity contribution in [1.82, 2.24) is 14.7 Å². The zero-order valence-electron chi connectivity index (χ0n) is 13.8. The quantitative estimate of drug-likeness (QED) is 0.803. The largest absolute Gasteiger partial charge is 0.458 e. The molecule has 0 radical (unpaired) electrons. The van der Waals surface area contributed by atoms with Crippen LogP contribution in [0.3, 0.4) is 0 Å². The van der Waals surface area contributed by atoms with Gasteiger partial charge in [-0.1, -0.05) is 36.0 Å². The summed E-state index contributed by atoms with van der Waals surface area (Å²) in [6, 6.07) is 1.00. The second-order valence-corrected chi connectivity index (χ2v) is 7.14. The van der Waals surface area contributed by atoms with Crippen LogP contribution in [0.15, 0.2) is 18.5 Å². The highest BCUT2D eigenvalue weighted by Crippen LogP contribution is 2.28. The third-order valence-electron chi connectivity index (χ3n) is 4.37. The first-order valence-electron chi connectivity index (χ1n) is 8.20. The number of nitrogens with one attached hydrogen (secondary N) is 1. The Morgan fingerprint density at radius 3 is 2.76 bits per heavy atom. The number of carbonyl (C=O) groups excluding carboxylic acids is 2. The summed E-state index contributed by atoms with van der Waals surface area (Å²) in [5.74, 6) is -0.531. The predicted molar refractivity (Wildman–Crippen MR) is 94.6 cm³/mol. The lowest BCUT2D eigenvalue weighted by atomic mass is 9.98. The number of rotatable bonds is 5. The van der Waals surface area contributed by atoms with E-state index in [0.717, 1.165) is 25.7 Å². The number of imidazole rings is 1. The number of nitrogens with zero attached hydrogens (tertiary/aromatic N) is 2. The summed E-state index contributed by atoms with van der Waals surface area (Å²) in [7, 11) is 0. The van der Waals surface area contributed by atoms with Gasteiger partial charge in [0.25, 0.3) is 0 Å². The van der Waals surface area contributed by atoms with Gasteiger partial charge >= 0.3 is 5.97 Å². The van der Waals surface area contributed by atoms with Gasteiger partial charge in [-0.3, -0.25) is 4.79 Å². The summed E-state index contributed by atoms with van der Waals surface area (Å²) < 4.78 is 7.09. The second-order valence-electron chi connectivity index (χ2n) is 6.30. The summed E-state index contributed by atoms with van der Waals surface area (Å²) in [5.41, 5.74) is 1.11. The summed E-state index contributed by atoms with van der Waals surface area (Å²) in [4.78, 5) is 28.2. The van der Waals surface area contributed by atoms with Gasteiger partial charge in [-0.15, -0.1) is 0 Å². The van der Waals surface area contributed by atoms with E-state index in [1.165, 1.54) is 6.92 Å². The fourth-order valence-corrected chi connectivity index (χ4v) is 3.79. The predicted octanol–water partition coefficient (Wildman–Crippen LogP) is 3.38. The normalized spacial score (nSPS) is 16.1. The average Bonchev–Trinajstić information content (AvgIpc) is 3.19. The smallest absolute Gasteiger partial charge is 0.329 e. The maximum atomic E-state index is 12.5. The van der Waals surface area contributed by atoms with Crippen LogP contribution in [0.25, 0.3) is 5.65 Å². The Labute approximate surface area is 155 Å². The molecule has 1 unspecified atom stereocenters. The van der Waals surface area contributed by atoms with Gasteiger partial charge in [0.05, 0.1) is 15.7 Å². The fourth-order valence-electron chi connectivity index (χ4n) is 3.26. The molecule has 25 heavy (non-hydrogen) atoms. The molecular weight excluding hydrogens is 365 g/mol. The third-order valence-corrected chi connectivity index (χ3v) is 4.85. The molecule has 1 atom stereocenters. The molecule has 1 saturated carbocycles. The number of esters is 1.